The Morgan fingerprint density at radius 3 is 2.83 bits per heavy atom. The molecular weight excluding hydrogens is 224 g/mol. The van der Waals surface area contributed by atoms with Crippen molar-refractivity contribution in [2.24, 2.45) is 5.41 Å². The van der Waals surface area contributed by atoms with Crippen LogP contribution in [0.4, 0.5) is 5.69 Å². The second kappa shape index (κ2) is 4.56. The molecule has 2 aliphatic rings. The van der Waals surface area contributed by atoms with Crippen molar-refractivity contribution in [1.29, 1.82) is 0 Å². The van der Waals surface area contributed by atoms with Gasteiger partial charge in [0.15, 0.2) is 0 Å². The van der Waals surface area contributed by atoms with Crippen LogP contribution in [0.5, 0.6) is 0 Å². The molecule has 1 aromatic rings. The largest absolute Gasteiger partial charge is 0.398 e. The third kappa shape index (κ3) is 2.25. The van der Waals surface area contributed by atoms with Gasteiger partial charge in [-0.25, -0.2) is 0 Å². The standard InChI is InChI=1S/C15H22N2O/c1-18-8-7-15(5-6-15)11-17-9-12-3-2-4-14(16)13(12)10-17/h2-4H,5-11,16H2,1H3. The van der Waals surface area contributed by atoms with Crippen LogP contribution in [0.1, 0.15) is 30.4 Å². The van der Waals surface area contributed by atoms with E-state index >= 15 is 0 Å². The molecule has 2 N–H and O–H groups in total. The van der Waals surface area contributed by atoms with Gasteiger partial charge in [0.25, 0.3) is 0 Å². The van der Waals surface area contributed by atoms with E-state index in [1.165, 1.54) is 36.9 Å². The van der Waals surface area contributed by atoms with Crippen molar-refractivity contribution in [2.45, 2.75) is 32.4 Å². The monoisotopic (exact) mass is 246 g/mol. The van der Waals surface area contributed by atoms with Gasteiger partial charge in [-0.1, -0.05) is 12.1 Å². The molecule has 0 spiro atoms. The van der Waals surface area contributed by atoms with Crippen molar-refractivity contribution in [3.63, 3.8) is 0 Å². The first-order valence-corrected chi connectivity index (χ1v) is 6.80. The van der Waals surface area contributed by atoms with Crippen LogP contribution in [-0.2, 0) is 17.8 Å². The van der Waals surface area contributed by atoms with Crippen LogP contribution in [0.2, 0.25) is 0 Å². The number of hydrogen-bond acceptors (Lipinski definition) is 3. The normalized spacial score (nSPS) is 20.9. The molecule has 3 heteroatoms. The van der Waals surface area contributed by atoms with E-state index in [0.717, 1.165) is 25.4 Å². The predicted octanol–water partition coefficient (Wildman–Crippen LogP) is 2.40. The van der Waals surface area contributed by atoms with Gasteiger partial charge < -0.3 is 10.5 Å². The van der Waals surface area contributed by atoms with Crippen molar-refractivity contribution >= 4 is 5.69 Å². The van der Waals surface area contributed by atoms with Crippen LogP contribution in [0.15, 0.2) is 18.2 Å². The number of anilines is 1. The number of hydrogen-bond donors (Lipinski definition) is 1. The zero-order valence-electron chi connectivity index (χ0n) is 11.1. The maximum absolute atomic E-state index is 6.05. The summed E-state index contributed by atoms with van der Waals surface area (Å²) in [6, 6.07) is 6.29. The minimum Gasteiger partial charge on any atom is -0.398 e. The maximum Gasteiger partial charge on any atom is 0.0468 e. The molecule has 0 atom stereocenters. The number of nitrogen functional groups attached to an aromatic ring is 1. The van der Waals surface area contributed by atoms with E-state index in [4.69, 9.17) is 10.5 Å². The molecule has 98 valence electrons. The van der Waals surface area contributed by atoms with Crippen LogP contribution in [0.3, 0.4) is 0 Å². The second-order valence-corrected chi connectivity index (χ2v) is 5.87. The van der Waals surface area contributed by atoms with Gasteiger partial charge in [0, 0.05) is 39.0 Å². The van der Waals surface area contributed by atoms with Crippen molar-refractivity contribution < 1.29 is 4.74 Å². The highest BCUT2D eigenvalue weighted by Crippen LogP contribution is 2.50. The number of benzene rings is 1. The van der Waals surface area contributed by atoms with Crippen LogP contribution in [0.25, 0.3) is 0 Å². The molecule has 1 aliphatic carbocycles. The number of nitrogens with two attached hydrogens (primary N) is 1. The van der Waals surface area contributed by atoms with Gasteiger partial charge in [0.05, 0.1) is 0 Å². The molecule has 3 nitrogen and oxygen atoms in total. The highest BCUT2D eigenvalue weighted by Gasteiger charge is 2.44. The number of nitrogens with zero attached hydrogens (tertiary/aromatic N) is 1. The second-order valence-electron chi connectivity index (χ2n) is 5.87. The highest BCUT2D eigenvalue weighted by molar-refractivity contribution is 5.52. The smallest absolute Gasteiger partial charge is 0.0468 e. The van der Waals surface area contributed by atoms with E-state index in [0.29, 0.717) is 5.41 Å². The topological polar surface area (TPSA) is 38.5 Å². The summed E-state index contributed by atoms with van der Waals surface area (Å²) in [5.74, 6) is 0. The summed E-state index contributed by atoms with van der Waals surface area (Å²) in [5.41, 5.74) is 10.3. The molecule has 1 heterocycles. The fourth-order valence-corrected chi connectivity index (χ4v) is 3.08. The average Bonchev–Trinajstić information content (AvgIpc) is 2.98. The van der Waals surface area contributed by atoms with E-state index < -0.39 is 0 Å². The Hall–Kier alpha value is -1.06. The molecule has 0 unspecified atom stereocenters. The summed E-state index contributed by atoms with van der Waals surface area (Å²) in [5, 5.41) is 0. The molecule has 1 aromatic carbocycles. The molecule has 1 saturated carbocycles. The summed E-state index contributed by atoms with van der Waals surface area (Å²) in [6.45, 7) is 4.18. The predicted molar refractivity (Wildman–Crippen MR) is 73.1 cm³/mol. The van der Waals surface area contributed by atoms with E-state index in [-0.39, 0.29) is 0 Å². The van der Waals surface area contributed by atoms with E-state index in [1.54, 1.807) is 7.11 Å². The quantitative estimate of drug-likeness (QED) is 0.811. The van der Waals surface area contributed by atoms with Gasteiger partial charge in [0.2, 0.25) is 0 Å². The number of rotatable bonds is 5. The summed E-state index contributed by atoms with van der Waals surface area (Å²) in [7, 11) is 1.79. The lowest BCUT2D eigenvalue weighted by Crippen LogP contribution is -2.26. The maximum atomic E-state index is 6.05. The lowest BCUT2D eigenvalue weighted by atomic mass is 10.0. The molecule has 0 aromatic heterocycles. The van der Waals surface area contributed by atoms with Crippen molar-refractivity contribution in [1.82, 2.24) is 4.90 Å². The SMILES string of the molecule is COCCC1(CN2Cc3cccc(N)c3C2)CC1. The molecule has 0 saturated heterocycles. The van der Waals surface area contributed by atoms with Crippen molar-refractivity contribution in [2.75, 3.05) is 26.0 Å². The molecule has 1 aliphatic heterocycles. The fourth-order valence-electron chi connectivity index (χ4n) is 3.08. The molecule has 18 heavy (non-hydrogen) atoms. The third-order valence-corrected chi connectivity index (χ3v) is 4.44. The minimum absolute atomic E-state index is 0.535. The van der Waals surface area contributed by atoms with Gasteiger partial charge in [-0.05, 0) is 41.9 Å². The van der Waals surface area contributed by atoms with E-state index in [9.17, 15) is 0 Å². The lowest BCUT2D eigenvalue weighted by Gasteiger charge is -2.22. The summed E-state index contributed by atoms with van der Waals surface area (Å²) in [6.07, 6.45) is 3.92. The summed E-state index contributed by atoms with van der Waals surface area (Å²) < 4.78 is 5.22. The average molecular weight is 246 g/mol. The number of methoxy groups -OCH3 is 1. The molecule has 3 rings (SSSR count). The van der Waals surface area contributed by atoms with Crippen LogP contribution < -0.4 is 5.73 Å². The Bertz CT molecular complexity index is 440. The van der Waals surface area contributed by atoms with Crippen LogP contribution >= 0.6 is 0 Å². The fraction of sp³-hybridized carbons (Fsp3) is 0.600. The Balaban J connectivity index is 1.63. The molecule has 0 bridgehead atoms. The van der Waals surface area contributed by atoms with Crippen LogP contribution in [0, 0.1) is 5.41 Å². The van der Waals surface area contributed by atoms with Gasteiger partial charge in [0.1, 0.15) is 0 Å². The summed E-state index contributed by atoms with van der Waals surface area (Å²) >= 11 is 0. The van der Waals surface area contributed by atoms with Crippen molar-refractivity contribution in [3.8, 4) is 0 Å². The zero-order valence-corrected chi connectivity index (χ0v) is 11.1. The molecule has 0 radical (unpaired) electrons. The Morgan fingerprint density at radius 2 is 2.17 bits per heavy atom. The van der Waals surface area contributed by atoms with E-state index in [1.807, 2.05) is 6.07 Å². The zero-order chi connectivity index (χ0) is 12.6. The lowest BCUT2D eigenvalue weighted by molar-refractivity contribution is 0.146. The number of fused-ring (bicyclic) bond motifs is 1. The molecule has 0 amide bonds. The first kappa shape index (κ1) is 12.0. The first-order valence-electron chi connectivity index (χ1n) is 6.80. The first-order chi connectivity index (χ1) is 8.72. The van der Waals surface area contributed by atoms with Gasteiger partial charge in [-0.2, -0.15) is 0 Å². The summed E-state index contributed by atoms with van der Waals surface area (Å²) in [4.78, 5) is 2.55. The van der Waals surface area contributed by atoms with Gasteiger partial charge in [-0.15, -0.1) is 0 Å². The minimum atomic E-state index is 0.535. The van der Waals surface area contributed by atoms with Crippen LogP contribution in [-0.4, -0.2) is 25.2 Å². The highest BCUT2D eigenvalue weighted by atomic mass is 16.5. The molecular formula is C15H22N2O. The van der Waals surface area contributed by atoms with Crippen molar-refractivity contribution in [3.05, 3.63) is 29.3 Å². The van der Waals surface area contributed by atoms with E-state index in [2.05, 4.69) is 17.0 Å². The molecule has 1 fully saturated rings. The van der Waals surface area contributed by atoms with Gasteiger partial charge >= 0.3 is 0 Å². The third-order valence-electron chi connectivity index (χ3n) is 4.44. The Kier molecular flexibility index (Phi) is 3.04. The van der Waals surface area contributed by atoms with Gasteiger partial charge in [-0.3, -0.25) is 4.90 Å². The Labute approximate surface area is 109 Å². The number of ether oxygens (including phenoxy) is 1. The Morgan fingerprint density at radius 1 is 1.33 bits per heavy atom.